The number of nitrogens with zero attached hydrogens (tertiary/aromatic N) is 2. The summed E-state index contributed by atoms with van der Waals surface area (Å²) < 4.78 is 36.3. The van der Waals surface area contributed by atoms with E-state index in [1.165, 1.54) is 11.4 Å². The van der Waals surface area contributed by atoms with E-state index in [4.69, 9.17) is 9.47 Å². The summed E-state index contributed by atoms with van der Waals surface area (Å²) in [5.41, 5.74) is 1.34. The lowest BCUT2D eigenvalue weighted by molar-refractivity contribution is 0.0696. The second-order valence-electron chi connectivity index (χ2n) is 6.03. The van der Waals surface area contributed by atoms with Crippen LogP contribution in [0.15, 0.2) is 12.1 Å². The highest BCUT2D eigenvalue weighted by Gasteiger charge is 2.29. The number of carbonyl (C=O) groups is 1. The number of carbonyl (C=O) groups excluding carboxylic acids is 1. The number of piperazine rings is 1. The standard InChI is InChI=1S/C17H26N2O5S/c1-5-10-25(21,22)19-8-6-18(7-9-19)17(20)14-12-16(24-4)15(23-3)11-13(14)2/h11-12H,5-10H2,1-4H3. The topological polar surface area (TPSA) is 76.2 Å². The van der Waals surface area contributed by atoms with Gasteiger partial charge in [-0.3, -0.25) is 4.79 Å². The number of rotatable bonds is 6. The maximum absolute atomic E-state index is 12.8. The number of aryl methyl sites for hydroxylation is 1. The van der Waals surface area contributed by atoms with Crippen molar-refractivity contribution >= 4 is 15.9 Å². The van der Waals surface area contributed by atoms with E-state index in [2.05, 4.69) is 0 Å². The lowest BCUT2D eigenvalue weighted by Crippen LogP contribution is -2.51. The van der Waals surface area contributed by atoms with Gasteiger partial charge in [0.15, 0.2) is 11.5 Å². The van der Waals surface area contributed by atoms with Crippen LogP contribution >= 0.6 is 0 Å². The van der Waals surface area contributed by atoms with E-state index in [1.807, 2.05) is 13.8 Å². The van der Waals surface area contributed by atoms with Crippen molar-refractivity contribution in [1.29, 1.82) is 0 Å². The molecule has 0 N–H and O–H groups in total. The molecule has 1 aliphatic heterocycles. The molecule has 0 spiro atoms. The largest absolute Gasteiger partial charge is 0.493 e. The van der Waals surface area contributed by atoms with Gasteiger partial charge in [-0.25, -0.2) is 8.42 Å². The molecule has 7 nitrogen and oxygen atoms in total. The Morgan fingerprint density at radius 3 is 2.16 bits per heavy atom. The quantitative estimate of drug-likeness (QED) is 0.759. The molecule has 0 atom stereocenters. The van der Waals surface area contributed by atoms with E-state index in [0.29, 0.717) is 49.7 Å². The minimum Gasteiger partial charge on any atom is -0.493 e. The summed E-state index contributed by atoms with van der Waals surface area (Å²) in [7, 11) is -0.139. The van der Waals surface area contributed by atoms with Crippen LogP contribution < -0.4 is 9.47 Å². The molecule has 0 aliphatic carbocycles. The lowest BCUT2D eigenvalue weighted by atomic mass is 10.1. The highest BCUT2D eigenvalue weighted by Crippen LogP contribution is 2.31. The Labute approximate surface area is 149 Å². The van der Waals surface area contributed by atoms with Crippen LogP contribution in [0.25, 0.3) is 0 Å². The second-order valence-corrected chi connectivity index (χ2v) is 8.12. The smallest absolute Gasteiger partial charge is 0.254 e. The molecule has 1 heterocycles. The Bertz CT molecular complexity index is 725. The van der Waals surface area contributed by atoms with E-state index in [9.17, 15) is 13.2 Å². The Morgan fingerprint density at radius 2 is 1.64 bits per heavy atom. The number of amides is 1. The number of hydrogen-bond donors (Lipinski definition) is 0. The summed E-state index contributed by atoms with van der Waals surface area (Å²) in [6.45, 7) is 5.13. The van der Waals surface area contributed by atoms with E-state index in [0.717, 1.165) is 5.56 Å². The van der Waals surface area contributed by atoms with Gasteiger partial charge in [0, 0.05) is 31.7 Å². The maximum Gasteiger partial charge on any atom is 0.254 e. The first-order valence-corrected chi connectivity index (χ1v) is 9.94. The van der Waals surface area contributed by atoms with Gasteiger partial charge in [-0.1, -0.05) is 6.92 Å². The van der Waals surface area contributed by atoms with Gasteiger partial charge in [0.2, 0.25) is 10.0 Å². The lowest BCUT2D eigenvalue weighted by Gasteiger charge is -2.34. The van der Waals surface area contributed by atoms with Gasteiger partial charge in [0.05, 0.1) is 20.0 Å². The first kappa shape index (κ1) is 19.5. The highest BCUT2D eigenvalue weighted by atomic mass is 32.2. The molecule has 0 unspecified atom stereocenters. The third kappa shape index (κ3) is 4.24. The monoisotopic (exact) mass is 370 g/mol. The molecule has 0 bridgehead atoms. The average Bonchev–Trinajstić information content (AvgIpc) is 2.61. The van der Waals surface area contributed by atoms with Crippen molar-refractivity contribution < 1.29 is 22.7 Å². The molecule has 1 saturated heterocycles. The first-order valence-electron chi connectivity index (χ1n) is 8.33. The van der Waals surface area contributed by atoms with Crippen LogP contribution in [0.2, 0.25) is 0 Å². The number of benzene rings is 1. The molecule has 0 aromatic heterocycles. The second kappa shape index (κ2) is 8.05. The SMILES string of the molecule is CCCS(=O)(=O)N1CCN(C(=O)c2cc(OC)c(OC)cc2C)CC1. The molecule has 2 rings (SSSR count). The zero-order valence-electron chi connectivity index (χ0n) is 15.2. The number of ether oxygens (including phenoxy) is 2. The molecule has 1 aromatic rings. The third-order valence-corrected chi connectivity index (χ3v) is 6.42. The summed E-state index contributed by atoms with van der Waals surface area (Å²) >= 11 is 0. The van der Waals surface area contributed by atoms with Crippen LogP contribution in [0.3, 0.4) is 0 Å². The third-order valence-electron chi connectivity index (χ3n) is 4.34. The molecular weight excluding hydrogens is 344 g/mol. The van der Waals surface area contributed by atoms with E-state index < -0.39 is 10.0 Å². The van der Waals surface area contributed by atoms with Crippen molar-refractivity contribution in [2.75, 3.05) is 46.2 Å². The molecule has 1 amide bonds. The molecule has 0 saturated carbocycles. The Balaban J connectivity index is 2.13. The first-order chi connectivity index (χ1) is 11.8. The van der Waals surface area contributed by atoms with Gasteiger partial charge >= 0.3 is 0 Å². The fourth-order valence-electron chi connectivity index (χ4n) is 2.94. The average molecular weight is 370 g/mol. The van der Waals surface area contributed by atoms with Crippen molar-refractivity contribution in [2.24, 2.45) is 0 Å². The Hall–Kier alpha value is -1.80. The van der Waals surface area contributed by atoms with Crippen LogP contribution in [0.4, 0.5) is 0 Å². The van der Waals surface area contributed by atoms with Gasteiger partial charge < -0.3 is 14.4 Å². The molecule has 8 heteroatoms. The number of methoxy groups -OCH3 is 2. The maximum atomic E-state index is 12.8. The molecular formula is C17H26N2O5S. The summed E-state index contributed by atoms with van der Waals surface area (Å²) in [6, 6.07) is 3.45. The van der Waals surface area contributed by atoms with Crippen LogP contribution in [0.5, 0.6) is 11.5 Å². The van der Waals surface area contributed by atoms with Gasteiger partial charge in [-0.05, 0) is 31.0 Å². The van der Waals surface area contributed by atoms with Crippen LogP contribution in [-0.2, 0) is 10.0 Å². The molecule has 140 valence electrons. The van der Waals surface area contributed by atoms with Gasteiger partial charge in [0.1, 0.15) is 0 Å². The van der Waals surface area contributed by atoms with Crippen molar-refractivity contribution in [3.8, 4) is 11.5 Å². The zero-order chi connectivity index (χ0) is 18.6. The fourth-order valence-corrected chi connectivity index (χ4v) is 4.43. The van der Waals surface area contributed by atoms with Crippen LogP contribution in [0, 0.1) is 6.92 Å². The van der Waals surface area contributed by atoms with Crippen molar-refractivity contribution in [1.82, 2.24) is 9.21 Å². The molecule has 1 aliphatic rings. The predicted molar refractivity (Wildman–Crippen MR) is 95.8 cm³/mol. The van der Waals surface area contributed by atoms with Crippen molar-refractivity contribution in [3.05, 3.63) is 23.3 Å². The van der Waals surface area contributed by atoms with Gasteiger partial charge in [0.25, 0.3) is 5.91 Å². The van der Waals surface area contributed by atoms with E-state index >= 15 is 0 Å². The summed E-state index contributed by atoms with van der Waals surface area (Å²) in [6.07, 6.45) is 0.590. The molecule has 0 radical (unpaired) electrons. The summed E-state index contributed by atoms with van der Waals surface area (Å²) in [5.74, 6) is 1.11. The van der Waals surface area contributed by atoms with Crippen molar-refractivity contribution in [3.63, 3.8) is 0 Å². The Morgan fingerprint density at radius 1 is 1.08 bits per heavy atom. The summed E-state index contributed by atoms with van der Waals surface area (Å²) in [4.78, 5) is 14.5. The summed E-state index contributed by atoms with van der Waals surface area (Å²) in [5, 5.41) is 0. The highest BCUT2D eigenvalue weighted by molar-refractivity contribution is 7.89. The Kier molecular flexibility index (Phi) is 6.29. The van der Waals surface area contributed by atoms with Gasteiger partial charge in [-0.2, -0.15) is 4.31 Å². The van der Waals surface area contributed by atoms with E-state index in [1.54, 1.807) is 24.1 Å². The van der Waals surface area contributed by atoms with E-state index in [-0.39, 0.29) is 11.7 Å². The molecule has 1 aromatic carbocycles. The number of sulfonamides is 1. The minimum atomic E-state index is -3.22. The minimum absolute atomic E-state index is 0.119. The fraction of sp³-hybridized carbons (Fsp3) is 0.588. The molecule has 1 fully saturated rings. The normalized spacial score (nSPS) is 15.9. The van der Waals surface area contributed by atoms with Crippen molar-refractivity contribution in [2.45, 2.75) is 20.3 Å². The van der Waals surface area contributed by atoms with Crippen LogP contribution in [0.1, 0.15) is 29.3 Å². The van der Waals surface area contributed by atoms with Gasteiger partial charge in [-0.15, -0.1) is 0 Å². The molecule has 25 heavy (non-hydrogen) atoms. The van der Waals surface area contributed by atoms with Crippen LogP contribution in [-0.4, -0.2) is 69.7 Å². The number of hydrogen-bond acceptors (Lipinski definition) is 5. The predicted octanol–water partition coefficient (Wildman–Crippen LogP) is 1.51. The zero-order valence-corrected chi connectivity index (χ0v) is 16.1.